The molecular weight excluding hydrogens is 186 g/mol. The normalized spacial score (nSPS) is 19.8. The van der Waals surface area contributed by atoms with Gasteiger partial charge in [-0.05, 0) is 12.5 Å². The minimum absolute atomic E-state index is 0.393. The fourth-order valence-corrected chi connectivity index (χ4v) is 1.86. The van der Waals surface area contributed by atoms with E-state index in [1.165, 1.54) is 44.9 Å². The molecule has 0 aromatic rings. The van der Waals surface area contributed by atoms with Crippen LogP contribution < -0.4 is 0 Å². The lowest BCUT2D eigenvalue weighted by Gasteiger charge is -2.04. The Morgan fingerprint density at radius 3 is 2.73 bits per heavy atom. The van der Waals surface area contributed by atoms with Gasteiger partial charge in [0, 0.05) is 0 Å². The van der Waals surface area contributed by atoms with Gasteiger partial charge >= 0.3 is 0 Å². The van der Waals surface area contributed by atoms with E-state index >= 15 is 0 Å². The minimum Gasteiger partial charge on any atom is -0.476 e. The van der Waals surface area contributed by atoms with E-state index in [4.69, 9.17) is 4.74 Å². The first-order valence-corrected chi connectivity index (χ1v) is 6.20. The van der Waals surface area contributed by atoms with Crippen molar-refractivity contribution >= 4 is 5.90 Å². The molecule has 1 aliphatic rings. The van der Waals surface area contributed by atoms with Gasteiger partial charge in [0.25, 0.3) is 0 Å². The predicted molar refractivity (Wildman–Crippen MR) is 65.4 cm³/mol. The van der Waals surface area contributed by atoms with Gasteiger partial charge in [-0.1, -0.05) is 52.0 Å². The number of nitrogens with zero attached hydrogens (tertiary/aromatic N) is 1. The van der Waals surface area contributed by atoms with Crippen molar-refractivity contribution in [3.8, 4) is 0 Å². The van der Waals surface area contributed by atoms with Gasteiger partial charge in [0.05, 0.1) is 6.04 Å². The van der Waals surface area contributed by atoms with Crippen LogP contribution in [0.4, 0.5) is 0 Å². The number of ether oxygens (including phenoxy) is 1. The van der Waals surface area contributed by atoms with E-state index in [0.717, 1.165) is 12.5 Å². The molecule has 86 valence electrons. The quantitative estimate of drug-likeness (QED) is 0.558. The zero-order chi connectivity index (χ0) is 10.9. The fraction of sp³-hybridized carbons (Fsp3) is 0.769. The van der Waals surface area contributed by atoms with E-state index < -0.39 is 0 Å². The molecule has 0 bridgehead atoms. The van der Waals surface area contributed by atoms with Crippen LogP contribution in [0, 0.1) is 0 Å². The molecule has 0 saturated heterocycles. The van der Waals surface area contributed by atoms with Crippen molar-refractivity contribution in [2.45, 2.75) is 57.9 Å². The molecule has 0 spiro atoms. The van der Waals surface area contributed by atoms with E-state index in [9.17, 15) is 0 Å². The first-order valence-electron chi connectivity index (χ1n) is 6.20. The molecule has 0 aromatic heterocycles. The second-order valence-corrected chi connectivity index (χ2v) is 4.19. The number of unbranched alkanes of at least 4 members (excludes halogenated alkanes) is 5. The van der Waals surface area contributed by atoms with Crippen LogP contribution in [0.1, 0.15) is 51.9 Å². The lowest BCUT2D eigenvalue weighted by molar-refractivity contribution is 0.310. The largest absolute Gasteiger partial charge is 0.476 e. The molecule has 0 N–H and O–H groups in total. The molecular formula is C13H23NO. The summed E-state index contributed by atoms with van der Waals surface area (Å²) in [7, 11) is 0. The molecule has 0 saturated carbocycles. The van der Waals surface area contributed by atoms with Crippen molar-refractivity contribution in [2.24, 2.45) is 4.99 Å². The van der Waals surface area contributed by atoms with Gasteiger partial charge in [-0.3, -0.25) is 0 Å². The number of hydrogen-bond donors (Lipinski definition) is 0. The Labute approximate surface area is 93.4 Å². The van der Waals surface area contributed by atoms with Gasteiger partial charge in [0.2, 0.25) is 5.90 Å². The maximum absolute atomic E-state index is 5.34. The summed E-state index contributed by atoms with van der Waals surface area (Å²) in [5, 5.41) is 0. The molecule has 1 atom stereocenters. The van der Waals surface area contributed by atoms with Gasteiger partial charge in [-0.15, -0.1) is 0 Å². The van der Waals surface area contributed by atoms with Crippen LogP contribution in [0.25, 0.3) is 0 Å². The molecule has 1 unspecified atom stereocenters. The van der Waals surface area contributed by atoms with Crippen LogP contribution in [0.3, 0.4) is 0 Å². The molecule has 1 rings (SSSR count). The van der Waals surface area contributed by atoms with Crippen molar-refractivity contribution in [2.75, 3.05) is 6.61 Å². The van der Waals surface area contributed by atoms with Crippen LogP contribution in [0.5, 0.6) is 0 Å². The Balaban J connectivity index is 1.97. The topological polar surface area (TPSA) is 21.6 Å². The molecule has 0 aromatic carbocycles. The summed E-state index contributed by atoms with van der Waals surface area (Å²) >= 11 is 0. The highest BCUT2D eigenvalue weighted by Gasteiger charge is 2.15. The van der Waals surface area contributed by atoms with E-state index in [2.05, 4.69) is 18.5 Å². The van der Waals surface area contributed by atoms with Crippen LogP contribution in [-0.2, 0) is 4.74 Å². The summed E-state index contributed by atoms with van der Waals surface area (Å²) < 4.78 is 5.34. The van der Waals surface area contributed by atoms with Crippen molar-refractivity contribution in [1.29, 1.82) is 0 Å². The van der Waals surface area contributed by atoms with Crippen molar-refractivity contribution in [1.82, 2.24) is 0 Å². The third kappa shape index (κ3) is 5.01. The van der Waals surface area contributed by atoms with Gasteiger partial charge in [-0.25, -0.2) is 4.99 Å². The highest BCUT2D eigenvalue weighted by Crippen LogP contribution is 2.14. The van der Waals surface area contributed by atoms with Crippen LogP contribution in [0.2, 0.25) is 0 Å². The molecule has 0 fully saturated rings. The summed E-state index contributed by atoms with van der Waals surface area (Å²) in [6.45, 7) is 6.66. The zero-order valence-electron chi connectivity index (χ0n) is 9.87. The summed E-state index contributed by atoms with van der Waals surface area (Å²) in [5.74, 6) is 0.728. The second kappa shape index (κ2) is 7.49. The van der Waals surface area contributed by atoms with Gasteiger partial charge < -0.3 is 4.74 Å². The molecule has 1 aliphatic heterocycles. The van der Waals surface area contributed by atoms with Gasteiger partial charge in [-0.2, -0.15) is 0 Å². The molecule has 2 nitrogen and oxygen atoms in total. The Kier molecular flexibility index (Phi) is 6.14. The lowest BCUT2D eigenvalue weighted by Crippen LogP contribution is -2.05. The fourth-order valence-electron chi connectivity index (χ4n) is 1.86. The predicted octanol–water partition coefficient (Wildman–Crippen LogP) is 3.72. The monoisotopic (exact) mass is 209 g/mol. The summed E-state index contributed by atoms with van der Waals surface area (Å²) in [4.78, 5) is 4.42. The van der Waals surface area contributed by atoms with Crippen molar-refractivity contribution in [3.63, 3.8) is 0 Å². The lowest BCUT2D eigenvalue weighted by atomic mass is 10.1. The number of hydrogen-bond acceptors (Lipinski definition) is 2. The Morgan fingerprint density at radius 2 is 2.07 bits per heavy atom. The van der Waals surface area contributed by atoms with E-state index in [1.54, 1.807) is 6.08 Å². The molecule has 0 aliphatic carbocycles. The minimum atomic E-state index is 0.393. The van der Waals surface area contributed by atoms with Crippen LogP contribution in [0.15, 0.2) is 17.6 Å². The standard InChI is InChI=1S/C13H23NO/c1-3-5-6-7-8-9-10-12-11-15-13(4-2)14-12/h4,12H,2-3,5-11H2,1H3. The average molecular weight is 209 g/mol. The first kappa shape index (κ1) is 12.3. The van der Waals surface area contributed by atoms with Gasteiger partial charge in [0.1, 0.15) is 6.61 Å². The van der Waals surface area contributed by atoms with Crippen LogP contribution >= 0.6 is 0 Å². The number of aliphatic imine (C=N–C) groups is 1. The first-order chi connectivity index (χ1) is 7.36. The maximum Gasteiger partial charge on any atom is 0.208 e. The van der Waals surface area contributed by atoms with Gasteiger partial charge in [0.15, 0.2) is 0 Å². The Morgan fingerprint density at radius 1 is 1.33 bits per heavy atom. The third-order valence-corrected chi connectivity index (χ3v) is 2.80. The Hall–Kier alpha value is -0.790. The molecule has 2 heteroatoms. The zero-order valence-corrected chi connectivity index (χ0v) is 9.87. The van der Waals surface area contributed by atoms with Crippen molar-refractivity contribution in [3.05, 3.63) is 12.7 Å². The molecule has 1 heterocycles. The third-order valence-electron chi connectivity index (χ3n) is 2.80. The maximum atomic E-state index is 5.34. The summed E-state index contributed by atoms with van der Waals surface area (Å²) in [5.41, 5.74) is 0. The van der Waals surface area contributed by atoms with Crippen LogP contribution in [-0.4, -0.2) is 18.5 Å². The Bertz CT molecular complexity index is 211. The second-order valence-electron chi connectivity index (χ2n) is 4.19. The van der Waals surface area contributed by atoms with E-state index in [0.29, 0.717) is 6.04 Å². The van der Waals surface area contributed by atoms with E-state index in [-0.39, 0.29) is 0 Å². The highest BCUT2D eigenvalue weighted by molar-refractivity contribution is 5.88. The van der Waals surface area contributed by atoms with Crippen molar-refractivity contribution < 1.29 is 4.74 Å². The highest BCUT2D eigenvalue weighted by atomic mass is 16.5. The SMILES string of the molecule is C=CC1=NC(CCCCCCCC)CO1. The smallest absolute Gasteiger partial charge is 0.208 e. The molecule has 0 radical (unpaired) electrons. The molecule has 15 heavy (non-hydrogen) atoms. The summed E-state index contributed by atoms with van der Waals surface area (Å²) in [6, 6.07) is 0.393. The summed E-state index contributed by atoms with van der Waals surface area (Å²) in [6.07, 6.45) is 11.0. The van der Waals surface area contributed by atoms with E-state index in [1.807, 2.05) is 0 Å². The molecule has 0 amide bonds. The number of rotatable bonds is 8. The average Bonchev–Trinajstić information content (AvgIpc) is 2.71.